The summed E-state index contributed by atoms with van der Waals surface area (Å²) in [6, 6.07) is 2.61. The third-order valence-corrected chi connectivity index (χ3v) is 3.03. The van der Waals surface area contributed by atoms with Crippen LogP contribution in [0.3, 0.4) is 0 Å². The van der Waals surface area contributed by atoms with Gasteiger partial charge in [0.25, 0.3) is 0 Å². The summed E-state index contributed by atoms with van der Waals surface area (Å²) >= 11 is 5.37. The molecular weight excluding hydrogens is 334 g/mol. The predicted octanol–water partition coefficient (Wildman–Crippen LogP) is 4.78. The second kappa shape index (κ2) is 6.04. The smallest absolute Gasteiger partial charge is 0.378 e. The van der Waals surface area contributed by atoms with Gasteiger partial charge in [-0.2, -0.15) is 13.2 Å². The van der Waals surface area contributed by atoms with Crippen LogP contribution in [0, 0.1) is 17.5 Å². The van der Waals surface area contributed by atoms with Crippen LogP contribution < -0.4 is 5.32 Å². The van der Waals surface area contributed by atoms with Crippen LogP contribution in [0.1, 0.15) is 11.3 Å². The number of pyridine rings is 1. The first-order valence-corrected chi connectivity index (χ1v) is 6.17. The summed E-state index contributed by atoms with van der Waals surface area (Å²) in [6.07, 6.45) is -4.09. The standard InChI is InChI=1S/C13H7ClF6N2/c14-10-7(15)1-2-9(11(10)17)21-4-6-3-8(16)12(22-5-6)13(18,19)20/h1-3,5,21H,4H2. The van der Waals surface area contributed by atoms with Gasteiger partial charge in [0, 0.05) is 12.7 Å². The normalized spacial score (nSPS) is 11.6. The van der Waals surface area contributed by atoms with Crippen molar-refractivity contribution < 1.29 is 26.3 Å². The number of anilines is 1. The first-order valence-electron chi connectivity index (χ1n) is 5.79. The molecule has 0 atom stereocenters. The third-order valence-electron chi connectivity index (χ3n) is 2.68. The fourth-order valence-electron chi connectivity index (χ4n) is 1.64. The van der Waals surface area contributed by atoms with E-state index in [2.05, 4.69) is 10.3 Å². The molecule has 0 radical (unpaired) electrons. The van der Waals surface area contributed by atoms with E-state index in [-0.39, 0.29) is 17.8 Å². The van der Waals surface area contributed by atoms with Crippen LogP contribution in [0.15, 0.2) is 24.4 Å². The van der Waals surface area contributed by atoms with Crippen molar-refractivity contribution in [2.45, 2.75) is 12.7 Å². The van der Waals surface area contributed by atoms with Gasteiger partial charge < -0.3 is 5.32 Å². The Bertz CT molecular complexity index is 702. The highest BCUT2D eigenvalue weighted by Crippen LogP contribution is 2.30. The van der Waals surface area contributed by atoms with Crippen molar-refractivity contribution in [1.82, 2.24) is 4.98 Å². The summed E-state index contributed by atoms with van der Waals surface area (Å²) in [5.74, 6) is -3.54. The summed E-state index contributed by atoms with van der Waals surface area (Å²) in [5.41, 5.74) is -1.76. The Morgan fingerprint density at radius 2 is 1.77 bits per heavy atom. The lowest BCUT2D eigenvalue weighted by molar-refractivity contribution is -0.143. The molecular formula is C13H7ClF6N2. The number of hydrogen-bond donors (Lipinski definition) is 1. The first-order chi connectivity index (χ1) is 10.2. The Morgan fingerprint density at radius 3 is 2.36 bits per heavy atom. The lowest BCUT2D eigenvalue weighted by Crippen LogP contribution is -2.12. The number of rotatable bonds is 3. The van der Waals surface area contributed by atoms with Gasteiger partial charge >= 0.3 is 6.18 Å². The molecule has 2 rings (SSSR count). The molecule has 1 aromatic carbocycles. The first kappa shape index (κ1) is 16.4. The molecule has 1 aromatic heterocycles. The fraction of sp³-hybridized carbons (Fsp3) is 0.154. The van der Waals surface area contributed by atoms with Gasteiger partial charge in [-0.1, -0.05) is 11.6 Å². The predicted molar refractivity (Wildman–Crippen MR) is 67.9 cm³/mol. The molecule has 0 saturated heterocycles. The van der Waals surface area contributed by atoms with E-state index in [1.165, 1.54) is 0 Å². The summed E-state index contributed by atoms with van der Waals surface area (Å²) in [6.45, 7) is -0.221. The second-order valence-electron chi connectivity index (χ2n) is 4.25. The number of aromatic nitrogens is 1. The number of nitrogens with zero attached hydrogens (tertiary/aromatic N) is 1. The fourth-order valence-corrected chi connectivity index (χ4v) is 1.81. The molecule has 0 unspecified atom stereocenters. The monoisotopic (exact) mass is 340 g/mol. The van der Waals surface area contributed by atoms with Crippen LogP contribution >= 0.6 is 11.6 Å². The maximum Gasteiger partial charge on any atom is 0.436 e. The van der Waals surface area contributed by atoms with E-state index in [1.807, 2.05) is 0 Å². The molecule has 0 aliphatic heterocycles. The maximum absolute atomic E-state index is 13.6. The Balaban J connectivity index is 2.16. The number of nitrogens with one attached hydrogen (secondary N) is 1. The van der Waals surface area contributed by atoms with Crippen molar-refractivity contribution in [1.29, 1.82) is 0 Å². The number of alkyl halides is 3. The van der Waals surface area contributed by atoms with Gasteiger partial charge in [-0.15, -0.1) is 0 Å². The summed E-state index contributed by atoms with van der Waals surface area (Å²) in [7, 11) is 0. The zero-order chi connectivity index (χ0) is 16.5. The molecule has 0 fully saturated rings. The van der Waals surface area contributed by atoms with Crippen molar-refractivity contribution in [3.05, 3.63) is 58.1 Å². The van der Waals surface area contributed by atoms with E-state index in [0.717, 1.165) is 18.3 Å². The van der Waals surface area contributed by atoms with Gasteiger partial charge in [-0.25, -0.2) is 18.2 Å². The average Bonchev–Trinajstić information content (AvgIpc) is 2.43. The zero-order valence-electron chi connectivity index (χ0n) is 10.6. The van der Waals surface area contributed by atoms with Crippen LogP contribution in [-0.4, -0.2) is 4.98 Å². The zero-order valence-corrected chi connectivity index (χ0v) is 11.4. The molecule has 1 N–H and O–H groups in total. The van der Waals surface area contributed by atoms with E-state index in [4.69, 9.17) is 11.6 Å². The highest BCUT2D eigenvalue weighted by atomic mass is 35.5. The van der Waals surface area contributed by atoms with Gasteiger partial charge in [0.1, 0.15) is 10.8 Å². The molecule has 0 amide bonds. The molecule has 0 aliphatic rings. The quantitative estimate of drug-likeness (QED) is 0.642. The Labute approximate surface area is 125 Å². The summed E-state index contributed by atoms with van der Waals surface area (Å²) < 4.78 is 76.9. The highest BCUT2D eigenvalue weighted by Gasteiger charge is 2.36. The molecule has 0 bridgehead atoms. The van der Waals surface area contributed by atoms with E-state index in [0.29, 0.717) is 6.07 Å². The lowest BCUT2D eigenvalue weighted by Gasteiger charge is -2.11. The van der Waals surface area contributed by atoms with Gasteiger partial charge in [-0.3, -0.25) is 0 Å². The number of halogens is 7. The van der Waals surface area contributed by atoms with Crippen molar-refractivity contribution in [2.75, 3.05) is 5.32 Å². The maximum atomic E-state index is 13.6. The number of benzene rings is 1. The van der Waals surface area contributed by atoms with Crippen LogP contribution in [-0.2, 0) is 12.7 Å². The van der Waals surface area contributed by atoms with Crippen molar-refractivity contribution >= 4 is 17.3 Å². The molecule has 2 aromatic rings. The van der Waals surface area contributed by atoms with E-state index in [1.54, 1.807) is 0 Å². The van der Waals surface area contributed by atoms with Gasteiger partial charge in [0.05, 0.1) is 5.69 Å². The largest absolute Gasteiger partial charge is 0.436 e. The minimum atomic E-state index is -4.90. The average molecular weight is 341 g/mol. The van der Waals surface area contributed by atoms with E-state index < -0.39 is 34.3 Å². The minimum Gasteiger partial charge on any atom is -0.378 e. The van der Waals surface area contributed by atoms with Crippen molar-refractivity contribution in [3.8, 4) is 0 Å². The molecule has 22 heavy (non-hydrogen) atoms. The van der Waals surface area contributed by atoms with Crippen molar-refractivity contribution in [3.63, 3.8) is 0 Å². The summed E-state index contributed by atoms with van der Waals surface area (Å²) in [4.78, 5) is 3.00. The Morgan fingerprint density at radius 1 is 1.09 bits per heavy atom. The summed E-state index contributed by atoms with van der Waals surface area (Å²) in [5, 5.41) is 1.75. The van der Waals surface area contributed by atoms with Crippen LogP contribution in [0.5, 0.6) is 0 Å². The lowest BCUT2D eigenvalue weighted by atomic mass is 10.2. The molecule has 1 heterocycles. The molecule has 0 aliphatic carbocycles. The van der Waals surface area contributed by atoms with Gasteiger partial charge in [-0.05, 0) is 23.8 Å². The van der Waals surface area contributed by atoms with Crippen LogP contribution in [0.4, 0.5) is 32.0 Å². The highest BCUT2D eigenvalue weighted by molar-refractivity contribution is 6.31. The third kappa shape index (κ3) is 3.44. The SMILES string of the molecule is Fc1cc(CNc2ccc(F)c(Cl)c2F)cnc1C(F)(F)F. The molecule has 118 valence electrons. The molecule has 0 spiro atoms. The minimum absolute atomic E-state index is 0.0466. The van der Waals surface area contributed by atoms with Gasteiger partial charge in [0.2, 0.25) is 0 Å². The van der Waals surface area contributed by atoms with E-state index in [9.17, 15) is 26.3 Å². The topological polar surface area (TPSA) is 24.9 Å². The van der Waals surface area contributed by atoms with Gasteiger partial charge in [0.15, 0.2) is 17.3 Å². The molecule has 2 nitrogen and oxygen atoms in total. The van der Waals surface area contributed by atoms with E-state index >= 15 is 0 Å². The molecule has 0 saturated carbocycles. The van der Waals surface area contributed by atoms with Crippen LogP contribution in [0.2, 0.25) is 5.02 Å². The Kier molecular flexibility index (Phi) is 4.50. The molecule has 9 heteroatoms. The van der Waals surface area contributed by atoms with Crippen molar-refractivity contribution in [2.24, 2.45) is 0 Å². The second-order valence-corrected chi connectivity index (χ2v) is 4.63. The number of hydrogen-bond acceptors (Lipinski definition) is 2. The Hall–Kier alpha value is -1.96. The van der Waals surface area contributed by atoms with Crippen LogP contribution in [0.25, 0.3) is 0 Å².